The molecule has 1 heterocycles. The van der Waals surface area contributed by atoms with E-state index in [1.54, 1.807) is 24.3 Å². The van der Waals surface area contributed by atoms with Gasteiger partial charge in [0, 0.05) is 18.7 Å². The van der Waals surface area contributed by atoms with Crippen LogP contribution in [0.5, 0.6) is 5.75 Å². The molecule has 6 nitrogen and oxygen atoms in total. The third kappa shape index (κ3) is 3.21. The number of nitrogens with two attached hydrogens (primary N) is 1. The molecule has 0 spiro atoms. The van der Waals surface area contributed by atoms with E-state index in [-0.39, 0.29) is 24.2 Å². The van der Waals surface area contributed by atoms with Crippen LogP contribution in [-0.4, -0.2) is 31.7 Å². The molecule has 0 atom stereocenters. The quantitative estimate of drug-likeness (QED) is 0.879. The maximum atomic E-state index is 12.6. The van der Waals surface area contributed by atoms with Gasteiger partial charge in [0.1, 0.15) is 18.1 Å². The van der Waals surface area contributed by atoms with Gasteiger partial charge in [-0.15, -0.1) is 0 Å². The summed E-state index contributed by atoms with van der Waals surface area (Å²) in [5.74, 6) is 0.715. The van der Waals surface area contributed by atoms with Gasteiger partial charge in [0.2, 0.25) is 5.91 Å². The van der Waals surface area contributed by atoms with E-state index in [9.17, 15) is 9.90 Å². The molecule has 1 aromatic heterocycles. The molecule has 116 valence electrons. The normalized spacial score (nSPS) is 14.0. The van der Waals surface area contributed by atoms with Gasteiger partial charge in [-0.3, -0.25) is 4.79 Å². The van der Waals surface area contributed by atoms with Crippen molar-refractivity contribution >= 4 is 11.7 Å². The summed E-state index contributed by atoms with van der Waals surface area (Å²) in [5, 5.41) is 13.8. The Labute approximate surface area is 129 Å². The Morgan fingerprint density at radius 3 is 2.82 bits per heavy atom. The first-order valence-electron chi connectivity index (χ1n) is 7.40. The van der Waals surface area contributed by atoms with Crippen molar-refractivity contribution in [2.24, 2.45) is 0 Å². The molecule has 0 bridgehead atoms. The molecule has 1 aromatic carbocycles. The summed E-state index contributed by atoms with van der Waals surface area (Å²) in [6, 6.07) is 9.05. The van der Waals surface area contributed by atoms with Gasteiger partial charge in [-0.25, -0.2) is 4.68 Å². The first-order chi connectivity index (χ1) is 10.5. The van der Waals surface area contributed by atoms with Crippen molar-refractivity contribution < 1.29 is 9.90 Å². The van der Waals surface area contributed by atoms with Gasteiger partial charge in [-0.1, -0.05) is 12.1 Å². The summed E-state index contributed by atoms with van der Waals surface area (Å²) in [7, 11) is 0. The molecule has 0 saturated heterocycles. The highest BCUT2D eigenvalue weighted by Crippen LogP contribution is 2.29. The van der Waals surface area contributed by atoms with Crippen LogP contribution >= 0.6 is 0 Å². The molecule has 1 aliphatic rings. The van der Waals surface area contributed by atoms with Gasteiger partial charge in [0.05, 0.1) is 5.69 Å². The monoisotopic (exact) mass is 300 g/mol. The minimum Gasteiger partial charge on any atom is -0.508 e. The summed E-state index contributed by atoms with van der Waals surface area (Å²) in [6.07, 6.45) is 2.05. The largest absolute Gasteiger partial charge is 0.508 e. The number of aryl methyl sites for hydroxylation is 1. The van der Waals surface area contributed by atoms with Gasteiger partial charge in [-0.05, 0) is 37.5 Å². The predicted molar refractivity (Wildman–Crippen MR) is 83.1 cm³/mol. The highest BCUT2D eigenvalue weighted by molar-refractivity contribution is 5.77. The first-order valence-corrected chi connectivity index (χ1v) is 7.40. The summed E-state index contributed by atoms with van der Waals surface area (Å²) in [4.78, 5) is 14.4. The highest BCUT2D eigenvalue weighted by Gasteiger charge is 2.32. The number of benzene rings is 1. The number of phenols is 1. The Hall–Kier alpha value is -2.50. The number of carbonyl (C=O) groups is 1. The lowest BCUT2D eigenvalue weighted by atomic mass is 10.2. The molecule has 0 unspecified atom stereocenters. The van der Waals surface area contributed by atoms with Crippen molar-refractivity contribution in [2.75, 3.05) is 5.73 Å². The van der Waals surface area contributed by atoms with Crippen molar-refractivity contribution in [3.8, 4) is 5.75 Å². The van der Waals surface area contributed by atoms with Crippen LogP contribution in [0.2, 0.25) is 0 Å². The number of amides is 1. The van der Waals surface area contributed by atoms with Crippen LogP contribution in [0.4, 0.5) is 5.82 Å². The fourth-order valence-electron chi connectivity index (χ4n) is 2.57. The lowest BCUT2D eigenvalue weighted by molar-refractivity contribution is -0.133. The molecule has 1 amide bonds. The van der Waals surface area contributed by atoms with Crippen LogP contribution in [-0.2, 0) is 17.9 Å². The highest BCUT2D eigenvalue weighted by atomic mass is 16.3. The Balaban J connectivity index is 1.73. The SMILES string of the molecule is Cc1cc(N)n(CC(=O)N(Cc2cccc(O)c2)C2CC2)n1. The average Bonchev–Trinajstić information content (AvgIpc) is 3.23. The second kappa shape index (κ2) is 5.71. The summed E-state index contributed by atoms with van der Waals surface area (Å²) >= 11 is 0. The van der Waals surface area contributed by atoms with Gasteiger partial charge in [-0.2, -0.15) is 5.10 Å². The van der Waals surface area contributed by atoms with Gasteiger partial charge in [0.25, 0.3) is 0 Å². The number of nitrogen functional groups attached to an aromatic ring is 1. The molecule has 2 aromatic rings. The van der Waals surface area contributed by atoms with E-state index in [2.05, 4.69) is 5.10 Å². The second-order valence-electron chi connectivity index (χ2n) is 5.79. The van der Waals surface area contributed by atoms with Gasteiger partial charge < -0.3 is 15.7 Å². The van der Waals surface area contributed by atoms with E-state index >= 15 is 0 Å². The van der Waals surface area contributed by atoms with Crippen LogP contribution in [0, 0.1) is 6.92 Å². The second-order valence-corrected chi connectivity index (χ2v) is 5.79. The molecular weight excluding hydrogens is 280 g/mol. The van der Waals surface area contributed by atoms with E-state index < -0.39 is 0 Å². The Morgan fingerprint density at radius 2 is 2.23 bits per heavy atom. The molecule has 22 heavy (non-hydrogen) atoms. The van der Waals surface area contributed by atoms with E-state index in [1.807, 2.05) is 17.9 Å². The lowest BCUT2D eigenvalue weighted by Gasteiger charge is -2.23. The molecule has 1 aliphatic carbocycles. The summed E-state index contributed by atoms with van der Waals surface area (Å²) in [6.45, 7) is 2.50. The number of carbonyl (C=O) groups excluding carboxylic acids is 1. The van der Waals surface area contributed by atoms with Crippen molar-refractivity contribution in [2.45, 2.75) is 38.9 Å². The number of anilines is 1. The zero-order chi connectivity index (χ0) is 15.7. The molecule has 1 fully saturated rings. The molecule has 6 heteroatoms. The molecular formula is C16H20N4O2. The van der Waals surface area contributed by atoms with Crippen molar-refractivity contribution in [1.82, 2.24) is 14.7 Å². The molecule has 1 saturated carbocycles. The van der Waals surface area contributed by atoms with E-state index in [4.69, 9.17) is 5.73 Å². The van der Waals surface area contributed by atoms with Crippen molar-refractivity contribution in [3.05, 3.63) is 41.6 Å². The Morgan fingerprint density at radius 1 is 1.45 bits per heavy atom. The van der Waals surface area contributed by atoms with Crippen LogP contribution in [0.25, 0.3) is 0 Å². The summed E-state index contributed by atoms with van der Waals surface area (Å²) < 4.78 is 1.54. The average molecular weight is 300 g/mol. The van der Waals surface area contributed by atoms with Crippen LogP contribution in [0.15, 0.2) is 30.3 Å². The fraction of sp³-hybridized carbons (Fsp3) is 0.375. The maximum absolute atomic E-state index is 12.6. The minimum absolute atomic E-state index is 0.000595. The van der Waals surface area contributed by atoms with Crippen molar-refractivity contribution in [3.63, 3.8) is 0 Å². The van der Waals surface area contributed by atoms with E-state index in [0.29, 0.717) is 12.4 Å². The van der Waals surface area contributed by atoms with Crippen LogP contribution < -0.4 is 5.73 Å². The Kier molecular flexibility index (Phi) is 3.75. The molecule has 3 N–H and O–H groups in total. The smallest absolute Gasteiger partial charge is 0.244 e. The molecule has 0 aliphatic heterocycles. The number of hydrogen-bond donors (Lipinski definition) is 2. The topological polar surface area (TPSA) is 84.4 Å². The third-order valence-electron chi connectivity index (χ3n) is 3.79. The number of phenolic OH excluding ortho intramolecular Hbond substituents is 1. The van der Waals surface area contributed by atoms with Crippen LogP contribution in [0.3, 0.4) is 0 Å². The lowest BCUT2D eigenvalue weighted by Crippen LogP contribution is -2.35. The van der Waals surface area contributed by atoms with Gasteiger partial charge in [0.15, 0.2) is 0 Å². The number of aromatic nitrogens is 2. The summed E-state index contributed by atoms with van der Waals surface area (Å²) in [5.41, 5.74) is 7.57. The number of aromatic hydroxyl groups is 1. The number of rotatable bonds is 5. The number of hydrogen-bond acceptors (Lipinski definition) is 4. The third-order valence-corrected chi connectivity index (χ3v) is 3.79. The molecule has 3 rings (SSSR count). The van der Waals surface area contributed by atoms with Gasteiger partial charge >= 0.3 is 0 Å². The van der Waals surface area contributed by atoms with E-state index in [0.717, 1.165) is 24.1 Å². The zero-order valence-electron chi connectivity index (χ0n) is 12.6. The minimum atomic E-state index is 0.000595. The molecule has 0 radical (unpaired) electrons. The predicted octanol–water partition coefficient (Wildman–Crippen LogP) is 1.67. The van der Waals surface area contributed by atoms with Crippen LogP contribution in [0.1, 0.15) is 24.1 Å². The standard InChI is InChI=1S/C16H20N4O2/c1-11-7-15(17)20(18-11)10-16(22)19(13-5-6-13)9-12-3-2-4-14(21)8-12/h2-4,7-8,13,21H,5-6,9-10,17H2,1H3. The zero-order valence-corrected chi connectivity index (χ0v) is 12.6. The number of nitrogens with zero attached hydrogens (tertiary/aromatic N) is 3. The van der Waals surface area contributed by atoms with E-state index in [1.165, 1.54) is 4.68 Å². The maximum Gasteiger partial charge on any atom is 0.244 e. The Bertz CT molecular complexity index is 691. The first kappa shape index (κ1) is 14.4. The van der Waals surface area contributed by atoms with Crippen molar-refractivity contribution in [1.29, 1.82) is 0 Å². The fourth-order valence-corrected chi connectivity index (χ4v) is 2.57.